The van der Waals surface area contributed by atoms with Gasteiger partial charge >= 0.3 is 5.97 Å². The number of aliphatic hydroxyl groups is 2. The molecule has 6 fully saturated rings. The number of carbonyl (C=O) groups is 2. The highest BCUT2D eigenvalue weighted by Crippen LogP contribution is 2.78. The summed E-state index contributed by atoms with van der Waals surface area (Å²) in [7, 11) is 0. The normalized spacial score (nSPS) is 58.1. The first-order chi connectivity index (χ1) is 17.9. The van der Waals surface area contributed by atoms with E-state index in [2.05, 4.69) is 24.8 Å². The Bertz CT molecular complexity index is 1230. The third-order valence-electron chi connectivity index (χ3n) is 12.8. The monoisotopic (exact) mass is 525 g/mol. The molecule has 8 aliphatic rings. The molecule has 0 unspecified atom stereocenters. The number of fused-ring (bicyclic) bond motifs is 5. The zero-order chi connectivity index (χ0) is 26.6. The fourth-order valence-electron chi connectivity index (χ4n) is 11.1. The highest BCUT2D eigenvalue weighted by molar-refractivity contribution is 5.94. The Morgan fingerprint density at radius 3 is 2.68 bits per heavy atom. The van der Waals surface area contributed by atoms with E-state index in [1.165, 1.54) is 0 Å². The summed E-state index contributed by atoms with van der Waals surface area (Å²) < 4.78 is 18.9. The van der Waals surface area contributed by atoms with Crippen LogP contribution in [0.4, 0.5) is 0 Å². The molecule has 1 saturated carbocycles. The lowest BCUT2D eigenvalue weighted by Crippen LogP contribution is -2.72. The van der Waals surface area contributed by atoms with E-state index in [0.29, 0.717) is 26.0 Å². The molecule has 8 heteroatoms. The van der Waals surface area contributed by atoms with Crippen LogP contribution in [0.5, 0.6) is 0 Å². The highest BCUT2D eigenvalue weighted by atomic mass is 16.6. The molecule has 0 aromatic rings. The molecule has 2 N–H and O–H groups in total. The summed E-state index contributed by atoms with van der Waals surface area (Å²) in [6, 6.07) is 0. The Morgan fingerprint density at radius 2 is 1.95 bits per heavy atom. The maximum absolute atomic E-state index is 13.5. The lowest BCUT2D eigenvalue weighted by Gasteiger charge is -2.68. The standard InChI is InChI=1S/C30H39NO7/c1-15-7-19-23(20(32)8-15)17(3)30(35)25-27(19,13-37-30)10-21-26(4,28(25)11-22(33)36-14-28)5-6-29-24(34)16(2)9-18(38-29)12-31(21)29/h8,10,16-19,23-25,34-35H,5-7,9,11-14H2,1-4H3/t16-,17+,18+,19+,23-,24-,25-,26+,27+,28+,29-,30-/m0/s1. The van der Waals surface area contributed by atoms with Crippen LogP contribution in [0.25, 0.3) is 0 Å². The molecule has 5 aliphatic heterocycles. The van der Waals surface area contributed by atoms with Crippen molar-refractivity contribution in [3.63, 3.8) is 0 Å². The summed E-state index contributed by atoms with van der Waals surface area (Å²) >= 11 is 0. The lowest BCUT2D eigenvalue weighted by molar-refractivity contribution is -0.297. The van der Waals surface area contributed by atoms with Crippen LogP contribution in [-0.2, 0) is 23.8 Å². The number of rotatable bonds is 0. The zero-order valence-corrected chi connectivity index (χ0v) is 22.7. The Kier molecular flexibility index (Phi) is 4.40. The van der Waals surface area contributed by atoms with E-state index in [0.717, 1.165) is 24.1 Å². The predicted octanol–water partition coefficient (Wildman–Crippen LogP) is 2.54. The summed E-state index contributed by atoms with van der Waals surface area (Å²) in [4.78, 5) is 28.8. The minimum atomic E-state index is -1.53. The number of cyclic esters (lactones) is 1. The summed E-state index contributed by atoms with van der Waals surface area (Å²) in [6.45, 7) is 9.54. The number of aliphatic hydroxyl groups excluding tert-OH is 1. The average Bonchev–Trinajstić information content (AvgIpc) is 3.49. The topological polar surface area (TPSA) is 106 Å². The third kappa shape index (κ3) is 2.38. The van der Waals surface area contributed by atoms with Gasteiger partial charge in [-0.1, -0.05) is 32.4 Å². The van der Waals surface area contributed by atoms with Crippen molar-refractivity contribution in [3.05, 3.63) is 23.4 Å². The van der Waals surface area contributed by atoms with Crippen LogP contribution in [0.3, 0.4) is 0 Å². The van der Waals surface area contributed by atoms with E-state index in [1.807, 2.05) is 13.8 Å². The molecule has 8 nitrogen and oxygen atoms in total. The first-order valence-electron chi connectivity index (χ1n) is 14.5. The molecule has 3 aliphatic carbocycles. The Balaban J connectivity index is 1.40. The third-order valence-corrected chi connectivity index (χ3v) is 12.8. The van der Waals surface area contributed by atoms with Crippen molar-refractivity contribution in [2.75, 3.05) is 19.8 Å². The second kappa shape index (κ2) is 6.93. The van der Waals surface area contributed by atoms with Gasteiger partial charge in [0.05, 0.1) is 25.7 Å². The molecular weight excluding hydrogens is 486 g/mol. The van der Waals surface area contributed by atoms with E-state index < -0.39 is 39.8 Å². The average molecular weight is 526 g/mol. The summed E-state index contributed by atoms with van der Waals surface area (Å²) in [5, 5.41) is 24.0. The number of ketones is 1. The molecule has 0 radical (unpaired) electrons. The highest BCUT2D eigenvalue weighted by Gasteiger charge is 2.82. The van der Waals surface area contributed by atoms with Crippen molar-refractivity contribution in [1.82, 2.24) is 4.90 Å². The number of nitrogens with zero attached hydrogens (tertiary/aromatic N) is 1. The maximum atomic E-state index is 13.5. The number of hydrogen-bond donors (Lipinski definition) is 2. The van der Waals surface area contributed by atoms with E-state index >= 15 is 0 Å². The van der Waals surface area contributed by atoms with Crippen LogP contribution >= 0.6 is 0 Å². The van der Waals surface area contributed by atoms with E-state index in [-0.39, 0.29) is 54.6 Å². The van der Waals surface area contributed by atoms with Crippen molar-refractivity contribution < 1.29 is 34.0 Å². The summed E-state index contributed by atoms with van der Waals surface area (Å²) in [5.41, 5.74) is -0.442. The van der Waals surface area contributed by atoms with Crippen LogP contribution < -0.4 is 0 Å². The van der Waals surface area contributed by atoms with Crippen molar-refractivity contribution in [3.8, 4) is 0 Å². The molecular formula is C30H39NO7. The Morgan fingerprint density at radius 1 is 1.16 bits per heavy atom. The second-order valence-corrected chi connectivity index (χ2v) is 14.3. The van der Waals surface area contributed by atoms with Crippen LogP contribution in [-0.4, -0.2) is 70.3 Å². The van der Waals surface area contributed by atoms with Crippen LogP contribution in [0.2, 0.25) is 0 Å². The largest absolute Gasteiger partial charge is 0.465 e. The number of hydrogen-bond acceptors (Lipinski definition) is 8. The molecule has 38 heavy (non-hydrogen) atoms. The lowest BCUT2D eigenvalue weighted by atomic mass is 9.37. The smallest absolute Gasteiger partial charge is 0.306 e. The second-order valence-electron chi connectivity index (χ2n) is 14.3. The first kappa shape index (κ1) is 24.1. The molecule has 12 atom stereocenters. The van der Waals surface area contributed by atoms with Crippen molar-refractivity contribution in [1.29, 1.82) is 0 Å². The zero-order valence-electron chi connectivity index (χ0n) is 22.7. The molecule has 0 aromatic heterocycles. The Labute approximate surface area is 223 Å². The minimum absolute atomic E-state index is 0.0432. The van der Waals surface area contributed by atoms with Crippen LogP contribution in [0, 0.1) is 45.8 Å². The van der Waals surface area contributed by atoms with Gasteiger partial charge in [-0.15, -0.1) is 0 Å². The molecule has 5 saturated heterocycles. The van der Waals surface area contributed by atoms with Gasteiger partial charge in [-0.3, -0.25) is 9.59 Å². The number of ether oxygens (including phenoxy) is 3. The van der Waals surface area contributed by atoms with Gasteiger partial charge in [0.15, 0.2) is 17.3 Å². The molecule has 8 rings (SSSR count). The number of esters is 1. The van der Waals surface area contributed by atoms with Gasteiger partial charge in [0.25, 0.3) is 0 Å². The summed E-state index contributed by atoms with van der Waals surface area (Å²) in [6.07, 6.45) is 6.67. The van der Waals surface area contributed by atoms with Crippen LogP contribution in [0.1, 0.15) is 59.8 Å². The van der Waals surface area contributed by atoms with E-state index in [9.17, 15) is 19.8 Å². The van der Waals surface area contributed by atoms with Gasteiger partial charge in [0.1, 0.15) is 6.10 Å². The maximum Gasteiger partial charge on any atom is 0.306 e. The fraction of sp³-hybridized carbons (Fsp3) is 0.800. The van der Waals surface area contributed by atoms with Gasteiger partial charge < -0.3 is 29.3 Å². The quantitative estimate of drug-likeness (QED) is 0.465. The molecule has 206 valence electrons. The molecule has 2 spiro atoms. The van der Waals surface area contributed by atoms with Crippen molar-refractivity contribution >= 4 is 11.8 Å². The van der Waals surface area contributed by atoms with Gasteiger partial charge in [0.2, 0.25) is 0 Å². The van der Waals surface area contributed by atoms with E-state index in [1.54, 1.807) is 6.08 Å². The fourth-order valence-corrected chi connectivity index (χ4v) is 11.1. The number of carbonyl (C=O) groups excluding carboxylic acids is 2. The summed E-state index contributed by atoms with van der Waals surface area (Å²) in [5.74, 6) is -2.74. The van der Waals surface area contributed by atoms with Crippen molar-refractivity contribution in [2.45, 2.75) is 83.5 Å². The molecule has 5 heterocycles. The van der Waals surface area contributed by atoms with Crippen molar-refractivity contribution in [2.24, 2.45) is 45.8 Å². The van der Waals surface area contributed by atoms with Crippen LogP contribution in [0.15, 0.2) is 23.4 Å². The number of allylic oxidation sites excluding steroid dienone is 3. The molecule has 0 amide bonds. The minimum Gasteiger partial charge on any atom is -0.465 e. The number of piperidine rings is 1. The van der Waals surface area contributed by atoms with Gasteiger partial charge in [-0.05, 0) is 50.5 Å². The SMILES string of the molecule is CC1=CC(=O)[C@@H]2[C@@H](C1)[C@]13C=C4N5C[C@H]6C[C@H](C)[C@H](O)[C@]5(CC[C@@]4(C)[C@]4(COC(=O)C4)[C@H]1[C@@](O)(OC3)[C@@H]2C)O6. The Hall–Kier alpha value is -1.74. The van der Waals surface area contributed by atoms with Gasteiger partial charge in [-0.2, -0.15) is 0 Å². The van der Waals surface area contributed by atoms with Gasteiger partial charge in [-0.25, -0.2) is 0 Å². The van der Waals surface area contributed by atoms with Gasteiger partial charge in [0, 0.05) is 46.2 Å². The molecule has 4 bridgehead atoms. The van der Waals surface area contributed by atoms with E-state index in [4.69, 9.17) is 14.2 Å². The first-order valence-corrected chi connectivity index (χ1v) is 14.5. The molecule has 0 aromatic carbocycles. The predicted molar refractivity (Wildman–Crippen MR) is 134 cm³/mol.